The minimum atomic E-state index is -3.72. The first kappa shape index (κ1) is 20.9. The molecule has 0 unspecified atom stereocenters. The molecular weight excluding hydrogens is 416 g/mol. The van der Waals surface area contributed by atoms with Gasteiger partial charge in [0, 0.05) is 5.02 Å². The molecule has 0 aliphatic carbocycles. The molecule has 11 heteroatoms. The first-order chi connectivity index (χ1) is 12.2. The van der Waals surface area contributed by atoms with E-state index < -0.39 is 22.0 Å². The van der Waals surface area contributed by atoms with Gasteiger partial charge in [0.25, 0.3) is 0 Å². The SMILES string of the molecule is CC[C@H](C(=O)Nc1nnc(SC)s1)N(c1ccc(C)c(Cl)c1)S(C)(=O)=O. The zero-order valence-corrected chi connectivity index (χ0v) is 17.9. The van der Waals surface area contributed by atoms with Gasteiger partial charge in [-0.3, -0.25) is 14.4 Å². The number of amides is 1. The van der Waals surface area contributed by atoms with E-state index in [0.717, 1.165) is 16.1 Å². The normalized spacial score (nSPS) is 12.7. The number of aromatic nitrogens is 2. The Morgan fingerprint density at radius 1 is 1.42 bits per heavy atom. The second-order valence-electron chi connectivity index (χ2n) is 5.48. The highest BCUT2D eigenvalue weighted by Gasteiger charge is 2.32. The quantitative estimate of drug-likeness (QED) is 0.530. The number of carbonyl (C=O) groups excluding carboxylic acids is 1. The molecular formula is C15H19ClN4O3S3. The molecule has 0 bridgehead atoms. The third-order valence-electron chi connectivity index (χ3n) is 3.55. The van der Waals surface area contributed by atoms with Crippen LogP contribution in [-0.4, -0.2) is 43.1 Å². The van der Waals surface area contributed by atoms with Crippen LogP contribution < -0.4 is 9.62 Å². The zero-order valence-electron chi connectivity index (χ0n) is 14.7. The Kier molecular flexibility index (Phi) is 6.89. The number of rotatable bonds is 7. The van der Waals surface area contributed by atoms with Gasteiger partial charge >= 0.3 is 0 Å². The van der Waals surface area contributed by atoms with E-state index in [1.165, 1.54) is 23.1 Å². The fourth-order valence-electron chi connectivity index (χ4n) is 2.31. The zero-order chi connectivity index (χ0) is 19.5. The van der Waals surface area contributed by atoms with E-state index in [0.29, 0.717) is 20.2 Å². The summed E-state index contributed by atoms with van der Waals surface area (Å²) in [6.07, 6.45) is 3.19. The van der Waals surface area contributed by atoms with Gasteiger partial charge in [-0.2, -0.15) is 0 Å². The number of nitrogens with zero attached hydrogens (tertiary/aromatic N) is 3. The van der Waals surface area contributed by atoms with Gasteiger partial charge < -0.3 is 0 Å². The predicted octanol–water partition coefficient (Wildman–Crippen LogP) is 3.41. The van der Waals surface area contributed by atoms with Gasteiger partial charge in [0.1, 0.15) is 6.04 Å². The van der Waals surface area contributed by atoms with Crippen molar-refractivity contribution in [3.05, 3.63) is 28.8 Å². The molecule has 2 aromatic rings. The molecule has 26 heavy (non-hydrogen) atoms. The van der Waals surface area contributed by atoms with Gasteiger partial charge in [0.15, 0.2) is 4.34 Å². The Morgan fingerprint density at radius 2 is 2.12 bits per heavy atom. The van der Waals surface area contributed by atoms with Crippen LogP contribution in [0, 0.1) is 6.92 Å². The van der Waals surface area contributed by atoms with Gasteiger partial charge in [-0.15, -0.1) is 10.2 Å². The monoisotopic (exact) mass is 434 g/mol. The van der Waals surface area contributed by atoms with Crippen molar-refractivity contribution in [2.45, 2.75) is 30.6 Å². The van der Waals surface area contributed by atoms with E-state index >= 15 is 0 Å². The van der Waals surface area contributed by atoms with Crippen molar-refractivity contribution in [3.8, 4) is 0 Å². The lowest BCUT2D eigenvalue weighted by molar-refractivity contribution is -0.117. The third-order valence-corrected chi connectivity index (χ3v) is 6.95. The van der Waals surface area contributed by atoms with Gasteiger partial charge in [0.2, 0.25) is 21.1 Å². The molecule has 0 spiro atoms. The van der Waals surface area contributed by atoms with Gasteiger partial charge in [0.05, 0.1) is 11.9 Å². The minimum absolute atomic E-state index is 0.276. The number of hydrogen-bond acceptors (Lipinski definition) is 7. The maximum Gasteiger partial charge on any atom is 0.250 e. The first-order valence-corrected chi connectivity index (χ1v) is 11.9. The Hall–Kier alpha value is -1.36. The Balaban J connectivity index is 2.37. The van der Waals surface area contributed by atoms with Crippen molar-refractivity contribution in [1.82, 2.24) is 10.2 Å². The van der Waals surface area contributed by atoms with Crippen LogP contribution in [0.4, 0.5) is 10.8 Å². The number of carbonyl (C=O) groups is 1. The summed E-state index contributed by atoms with van der Waals surface area (Å²) in [5.74, 6) is -0.474. The van der Waals surface area contributed by atoms with Gasteiger partial charge in [-0.1, -0.05) is 47.7 Å². The lowest BCUT2D eigenvalue weighted by Crippen LogP contribution is -2.47. The van der Waals surface area contributed by atoms with Crippen LogP contribution in [0.15, 0.2) is 22.5 Å². The van der Waals surface area contributed by atoms with Crippen LogP contribution in [0.25, 0.3) is 0 Å². The molecule has 0 fully saturated rings. The van der Waals surface area contributed by atoms with E-state index in [2.05, 4.69) is 15.5 Å². The Morgan fingerprint density at radius 3 is 2.62 bits per heavy atom. The molecule has 7 nitrogen and oxygen atoms in total. The number of benzene rings is 1. The Labute approximate surface area is 166 Å². The summed E-state index contributed by atoms with van der Waals surface area (Å²) < 4.78 is 26.6. The maximum atomic E-state index is 12.7. The molecule has 0 aliphatic rings. The maximum absolute atomic E-state index is 12.7. The number of aryl methyl sites for hydroxylation is 1. The van der Waals surface area contributed by atoms with E-state index in [-0.39, 0.29) is 6.42 Å². The summed E-state index contributed by atoms with van der Waals surface area (Å²) in [7, 11) is -3.72. The van der Waals surface area contributed by atoms with Crippen LogP contribution in [0.3, 0.4) is 0 Å². The molecule has 1 amide bonds. The summed E-state index contributed by atoms with van der Waals surface area (Å²) in [5.41, 5.74) is 1.16. The number of halogens is 1. The van der Waals surface area contributed by atoms with Crippen LogP contribution in [0.5, 0.6) is 0 Å². The number of thioether (sulfide) groups is 1. The van der Waals surface area contributed by atoms with Crippen molar-refractivity contribution < 1.29 is 13.2 Å². The third kappa shape index (κ3) is 4.87. The number of nitrogens with one attached hydrogen (secondary N) is 1. The molecule has 1 heterocycles. The van der Waals surface area contributed by atoms with E-state index in [1.807, 2.05) is 13.2 Å². The van der Waals surface area contributed by atoms with Crippen LogP contribution >= 0.6 is 34.7 Å². The smallest absolute Gasteiger partial charge is 0.250 e. The molecule has 1 aromatic heterocycles. The Bertz CT molecular complexity index is 901. The van der Waals surface area contributed by atoms with E-state index in [9.17, 15) is 13.2 Å². The molecule has 1 aromatic carbocycles. The van der Waals surface area contributed by atoms with Crippen LogP contribution in [0.1, 0.15) is 18.9 Å². The summed E-state index contributed by atoms with van der Waals surface area (Å²) in [4.78, 5) is 12.7. The second kappa shape index (κ2) is 8.55. The number of sulfonamides is 1. The van der Waals surface area contributed by atoms with E-state index in [1.54, 1.807) is 25.1 Å². The fraction of sp³-hybridized carbons (Fsp3) is 0.400. The number of hydrogen-bond donors (Lipinski definition) is 1. The molecule has 0 aliphatic heterocycles. The molecule has 1 N–H and O–H groups in total. The number of anilines is 2. The highest BCUT2D eigenvalue weighted by molar-refractivity contribution is 8.00. The van der Waals surface area contributed by atoms with Gasteiger partial charge in [-0.25, -0.2) is 8.42 Å². The largest absolute Gasteiger partial charge is 0.299 e. The molecule has 0 saturated heterocycles. The topological polar surface area (TPSA) is 92.3 Å². The molecule has 2 rings (SSSR count). The van der Waals surface area contributed by atoms with Crippen LogP contribution in [0.2, 0.25) is 5.02 Å². The average molecular weight is 435 g/mol. The van der Waals surface area contributed by atoms with Crippen molar-refractivity contribution in [1.29, 1.82) is 0 Å². The summed E-state index contributed by atoms with van der Waals surface area (Å²) in [5, 5.41) is 11.2. The summed E-state index contributed by atoms with van der Waals surface area (Å²) in [6, 6.07) is 3.96. The lowest BCUT2D eigenvalue weighted by Gasteiger charge is -2.30. The minimum Gasteiger partial charge on any atom is -0.299 e. The molecule has 0 radical (unpaired) electrons. The highest BCUT2D eigenvalue weighted by Crippen LogP contribution is 2.29. The molecule has 142 valence electrons. The first-order valence-electron chi connectivity index (χ1n) is 7.61. The van der Waals surface area contributed by atoms with Crippen molar-refractivity contribution in [2.24, 2.45) is 0 Å². The van der Waals surface area contributed by atoms with Gasteiger partial charge in [-0.05, 0) is 37.3 Å². The standard InChI is InChI=1S/C15H19ClN4O3S3/c1-5-12(13(21)17-14-18-19-15(24-3)25-14)20(26(4,22)23)10-7-6-9(2)11(16)8-10/h6-8,12H,5H2,1-4H3,(H,17,18,21)/t12-/m1/s1. The van der Waals surface area contributed by atoms with Crippen molar-refractivity contribution >= 4 is 61.4 Å². The van der Waals surface area contributed by atoms with Crippen LogP contribution in [-0.2, 0) is 14.8 Å². The van der Waals surface area contributed by atoms with Crippen molar-refractivity contribution in [2.75, 3.05) is 22.1 Å². The van der Waals surface area contributed by atoms with E-state index in [4.69, 9.17) is 11.6 Å². The highest BCUT2D eigenvalue weighted by atomic mass is 35.5. The predicted molar refractivity (Wildman–Crippen MR) is 108 cm³/mol. The molecule has 0 saturated carbocycles. The average Bonchev–Trinajstić information content (AvgIpc) is 3.01. The summed E-state index contributed by atoms with van der Waals surface area (Å²) in [6.45, 7) is 3.56. The second-order valence-corrected chi connectivity index (χ2v) is 9.78. The van der Waals surface area contributed by atoms with Crippen molar-refractivity contribution in [3.63, 3.8) is 0 Å². The fourth-order valence-corrected chi connectivity index (χ4v) is 4.86. The summed E-state index contributed by atoms with van der Waals surface area (Å²) >= 11 is 8.79. The molecule has 1 atom stereocenters. The lowest BCUT2D eigenvalue weighted by atomic mass is 10.1.